The molecular weight excluding hydrogens is 442 g/mol. The van der Waals surface area contributed by atoms with Gasteiger partial charge < -0.3 is 33.7 Å². The quantitative estimate of drug-likeness (QED) is 0.309. The third-order valence-electron chi connectivity index (χ3n) is 5.62. The maximum absolute atomic E-state index is 13.1. The summed E-state index contributed by atoms with van der Waals surface area (Å²) in [7, 11) is 4.34. The molecule has 0 saturated carbocycles. The maximum atomic E-state index is 13.1. The number of ketones is 1. The number of carbonyl (C=O) groups is 2. The Kier molecular flexibility index (Phi) is 6.18. The Bertz CT molecular complexity index is 1260. The fourth-order valence-corrected chi connectivity index (χ4v) is 3.98. The first kappa shape index (κ1) is 22.8. The summed E-state index contributed by atoms with van der Waals surface area (Å²) in [6.45, 7) is -0.0161. The highest BCUT2D eigenvalue weighted by Gasteiger charge is 2.46. The fourth-order valence-electron chi connectivity index (χ4n) is 3.98. The molecule has 0 radical (unpaired) electrons. The Morgan fingerprint density at radius 2 is 1.68 bits per heavy atom. The van der Waals surface area contributed by atoms with Crippen LogP contribution in [0.2, 0.25) is 0 Å². The minimum atomic E-state index is -0.991. The zero-order chi connectivity index (χ0) is 24.4. The molecule has 1 atom stereocenters. The summed E-state index contributed by atoms with van der Waals surface area (Å²) in [6.07, 6.45) is 1.46. The minimum absolute atomic E-state index is 0.0161. The van der Waals surface area contributed by atoms with Crippen molar-refractivity contribution in [1.82, 2.24) is 4.90 Å². The molecular formula is C25H23NO8. The van der Waals surface area contributed by atoms with Crippen LogP contribution in [0.5, 0.6) is 23.0 Å². The van der Waals surface area contributed by atoms with E-state index in [9.17, 15) is 19.8 Å². The summed E-state index contributed by atoms with van der Waals surface area (Å²) >= 11 is 0. The molecule has 2 heterocycles. The van der Waals surface area contributed by atoms with Crippen molar-refractivity contribution in [3.63, 3.8) is 0 Å². The second kappa shape index (κ2) is 9.22. The van der Waals surface area contributed by atoms with Gasteiger partial charge in [-0.1, -0.05) is 6.07 Å². The first-order valence-electron chi connectivity index (χ1n) is 10.3. The van der Waals surface area contributed by atoms with E-state index in [1.54, 1.807) is 30.3 Å². The number of carbonyl (C=O) groups excluding carboxylic acids is 2. The van der Waals surface area contributed by atoms with Crippen molar-refractivity contribution < 1.29 is 38.4 Å². The van der Waals surface area contributed by atoms with Crippen LogP contribution < -0.4 is 14.2 Å². The maximum Gasteiger partial charge on any atom is 0.296 e. The number of amides is 1. The standard InChI is InChI=1S/C25H23NO8/c1-31-18-8-6-14(11-17(18)27)22-21(23(28)15-7-9-19(32-2)20(12-15)33-3)24(29)25(30)26(22)13-16-5-4-10-34-16/h4-12,22,27-28H,13H2,1-3H3/b23-21-. The van der Waals surface area contributed by atoms with E-state index in [2.05, 4.69) is 0 Å². The molecule has 1 aliphatic rings. The van der Waals surface area contributed by atoms with E-state index in [0.717, 1.165) is 0 Å². The number of aliphatic hydroxyl groups excluding tert-OH is 1. The second-order valence-electron chi connectivity index (χ2n) is 7.51. The average molecular weight is 465 g/mol. The lowest BCUT2D eigenvalue weighted by Crippen LogP contribution is -2.29. The predicted molar refractivity (Wildman–Crippen MR) is 121 cm³/mol. The van der Waals surface area contributed by atoms with Crippen molar-refractivity contribution in [2.45, 2.75) is 12.6 Å². The van der Waals surface area contributed by atoms with E-state index in [4.69, 9.17) is 18.6 Å². The van der Waals surface area contributed by atoms with E-state index in [0.29, 0.717) is 22.8 Å². The number of ether oxygens (including phenoxy) is 3. The Labute approximate surface area is 195 Å². The predicted octanol–water partition coefficient (Wildman–Crippen LogP) is 3.63. The highest BCUT2D eigenvalue weighted by molar-refractivity contribution is 6.46. The van der Waals surface area contributed by atoms with Crippen molar-refractivity contribution in [3.05, 3.63) is 77.3 Å². The van der Waals surface area contributed by atoms with Crippen LogP contribution in [0.25, 0.3) is 5.76 Å². The van der Waals surface area contributed by atoms with Gasteiger partial charge in [0.1, 0.15) is 11.5 Å². The van der Waals surface area contributed by atoms with Gasteiger partial charge in [-0.15, -0.1) is 0 Å². The summed E-state index contributed by atoms with van der Waals surface area (Å²) < 4.78 is 21.0. The van der Waals surface area contributed by atoms with Gasteiger partial charge in [0.25, 0.3) is 11.7 Å². The summed E-state index contributed by atoms with van der Waals surface area (Å²) in [5, 5.41) is 21.6. The summed E-state index contributed by atoms with van der Waals surface area (Å²) in [6, 6.07) is 11.5. The lowest BCUT2D eigenvalue weighted by molar-refractivity contribution is -0.140. The van der Waals surface area contributed by atoms with Crippen LogP contribution in [-0.2, 0) is 16.1 Å². The number of phenolic OH excluding ortho intramolecular Hbond substituents is 1. The minimum Gasteiger partial charge on any atom is -0.507 e. The van der Waals surface area contributed by atoms with Gasteiger partial charge >= 0.3 is 0 Å². The number of phenols is 1. The van der Waals surface area contributed by atoms with Gasteiger partial charge in [-0.05, 0) is 48.0 Å². The average Bonchev–Trinajstić information content (AvgIpc) is 3.45. The largest absolute Gasteiger partial charge is 0.507 e. The summed E-state index contributed by atoms with van der Waals surface area (Å²) in [5.41, 5.74) is 0.538. The number of hydrogen-bond donors (Lipinski definition) is 2. The smallest absolute Gasteiger partial charge is 0.296 e. The zero-order valence-electron chi connectivity index (χ0n) is 18.8. The summed E-state index contributed by atoms with van der Waals surface area (Å²) in [5.74, 6) is -0.763. The molecule has 176 valence electrons. The van der Waals surface area contributed by atoms with Crippen LogP contribution in [0.1, 0.15) is 22.9 Å². The molecule has 1 amide bonds. The molecule has 34 heavy (non-hydrogen) atoms. The number of nitrogens with zero attached hydrogens (tertiary/aromatic N) is 1. The Morgan fingerprint density at radius 3 is 2.29 bits per heavy atom. The first-order valence-corrected chi connectivity index (χ1v) is 10.3. The number of likely N-dealkylation sites (tertiary alicyclic amines) is 1. The van der Waals surface area contributed by atoms with Gasteiger partial charge in [0.2, 0.25) is 0 Å². The monoisotopic (exact) mass is 465 g/mol. The Morgan fingerprint density at radius 1 is 0.971 bits per heavy atom. The van der Waals surface area contributed by atoms with Crippen molar-refractivity contribution in [2.24, 2.45) is 0 Å². The molecule has 1 saturated heterocycles. The van der Waals surface area contributed by atoms with Crippen molar-refractivity contribution in [2.75, 3.05) is 21.3 Å². The van der Waals surface area contributed by atoms with E-state index in [1.807, 2.05) is 0 Å². The molecule has 0 aliphatic carbocycles. The lowest BCUT2D eigenvalue weighted by atomic mass is 9.94. The van der Waals surface area contributed by atoms with E-state index < -0.39 is 17.7 Å². The van der Waals surface area contributed by atoms with E-state index in [1.165, 1.54) is 50.7 Å². The second-order valence-corrected chi connectivity index (χ2v) is 7.51. The molecule has 9 heteroatoms. The highest BCUT2D eigenvalue weighted by Crippen LogP contribution is 2.43. The molecule has 2 N–H and O–H groups in total. The van der Waals surface area contributed by atoms with Crippen LogP contribution in [0.3, 0.4) is 0 Å². The Balaban J connectivity index is 1.89. The van der Waals surface area contributed by atoms with Gasteiger partial charge in [0.15, 0.2) is 23.0 Å². The van der Waals surface area contributed by atoms with Gasteiger partial charge in [0.05, 0.1) is 45.8 Å². The van der Waals surface area contributed by atoms with Gasteiger partial charge in [-0.25, -0.2) is 0 Å². The molecule has 9 nitrogen and oxygen atoms in total. The molecule has 0 bridgehead atoms. The zero-order valence-corrected chi connectivity index (χ0v) is 18.8. The molecule has 1 aromatic heterocycles. The molecule has 0 spiro atoms. The molecule has 1 aliphatic heterocycles. The third kappa shape index (κ3) is 3.92. The third-order valence-corrected chi connectivity index (χ3v) is 5.62. The fraction of sp³-hybridized carbons (Fsp3) is 0.200. The lowest BCUT2D eigenvalue weighted by Gasteiger charge is -2.25. The topological polar surface area (TPSA) is 119 Å². The number of rotatable bonds is 7. The molecule has 1 fully saturated rings. The number of aromatic hydroxyl groups is 1. The van der Waals surface area contributed by atoms with Gasteiger partial charge in [-0.3, -0.25) is 9.59 Å². The molecule has 3 aromatic rings. The number of methoxy groups -OCH3 is 3. The number of benzene rings is 2. The van der Waals surface area contributed by atoms with Crippen LogP contribution >= 0.6 is 0 Å². The summed E-state index contributed by atoms with van der Waals surface area (Å²) in [4.78, 5) is 27.5. The SMILES string of the molecule is COc1ccc(C2/C(=C(/O)c3ccc(OC)c(OC)c3)C(=O)C(=O)N2Cc2ccco2)cc1O. The molecule has 1 unspecified atom stereocenters. The highest BCUT2D eigenvalue weighted by atomic mass is 16.5. The molecule has 2 aromatic carbocycles. The van der Waals surface area contributed by atoms with Crippen molar-refractivity contribution in [3.8, 4) is 23.0 Å². The van der Waals surface area contributed by atoms with Crippen LogP contribution in [0, 0.1) is 0 Å². The van der Waals surface area contributed by atoms with Crippen LogP contribution in [-0.4, -0.2) is 48.1 Å². The molecule has 4 rings (SSSR count). The number of aliphatic hydroxyl groups is 1. The number of furan rings is 1. The van der Waals surface area contributed by atoms with Crippen molar-refractivity contribution in [1.29, 1.82) is 0 Å². The van der Waals surface area contributed by atoms with Gasteiger partial charge in [0, 0.05) is 5.56 Å². The van der Waals surface area contributed by atoms with E-state index in [-0.39, 0.29) is 34.9 Å². The Hall–Kier alpha value is -4.40. The van der Waals surface area contributed by atoms with Crippen LogP contribution in [0.15, 0.2) is 64.8 Å². The van der Waals surface area contributed by atoms with Crippen molar-refractivity contribution >= 4 is 17.4 Å². The first-order chi connectivity index (χ1) is 16.4. The normalized spacial score (nSPS) is 17.1. The van der Waals surface area contributed by atoms with Crippen LogP contribution in [0.4, 0.5) is 0 Å². The van der Waals surface area contributed by atoms with Gasteiger partial charge in [-0.2, -0.15) is 0 Å². The number of hydrogen-bond acceptors (Lipinski definition) is 8. The van der Waals surface area contributed by atoms with E-state index >= 15 is 0 Å². The number of Topliss-reactive ketones (excluding diaryl/α,β-unsaturated/α-hetero) is 1.